The van der Waals surface area contributed by atoms with Gasteiger partial charge in [0.1, 0.15) is 0 Å². The van der Waals surface area contributed by atoms with Gasteiger partial charge in [-0.2, -0.15) is 0 Å². The molecule has 0 aromatic rings. The third-order valence-electron chi connectivity index (χ3n) is 3.39. The Bertz CT molecular complexity index is 189. The Balaban J connectivity index is 3.88. The molecule has 2 N–H and O–H groups in total. The van der Waals surface area contributed by atoms with Crippen molar-refractivity contribution in [3.63, 3.8) is 0 Å². The Hall–Kier alpha value is -0.160. The van der Waals surface area contributed by atoms with Crippen molar-refractivity contribution < 1.29 is 9.47 Å². The second kappa shape index (κ2) is 11.6. The van der Waals surface area contributed by atoms with E-state index < -0.39 is 0 Å². The van der Waals surface area contributed by atoms with Crippen molar-refractivity contribution >= 4 is 0 Å². The molecule has 0 atom stereocenters. The van der Waals surface area contributed by atoms with Crippen molar-refractivity contribution in [1.82, 2.24) is 4.90 Å². The van der Waals surface area contributed by atoms with Crippen LogP contribution in [0.25, 0.3) is 0 Å². The molecule has 0 bridgehead atoms. The molecule has 0 saturated carbocycles. The first kappa shape index (κ1) is 18.8. The van der Waals surface area contributed by atoms with E-state index in [1.54, 1.807) is 0 Å². The first-order valence-corrected chi connectivity index (χ1v) is 7.63. The van der Waals surface area contributed by atoms with Crippen LogP contribution >= 0.6 is 0 Å². The lowest BCUT2D eigenvalue weighted by Crippen LogP contribution is -2.33. The Kier molecular flexibility index (Phi) is 11.6. The summed E-state index contributed by atoms with van der Waals surface area (Å²) in [6.07, 6.45) is 2.35. The van der Waals surface area contributed by atoms with E-state index in [0.717, 1.165) is 52.6 Å². The zero-order chi connectivity index (χ0) is 14.6. The van der Waals surface area contributed by atoms with Gasteiger partial charge in [-0.3, -0.25) is 4.90 Å². The summed E-state index contributed by atoms with van der Waals surface area (Å²) in [5, 5.41) is 0. The Morgan fingerprint density at radius 3 is 1.89 bits per heavy atom. The smallest absolute Gasteiger partial charge is 0.0593 e. The van der Waals surface area contributed by atoms with Crippen LogP contribution in [0.5, 0.6) is 0 Å². The topological polar surface area (TPSA) is 47.7 Å². The minimum absolute atomic E-state index is 0.255. The molecular weight excluding hydrogens is 240 g/mol. The number of ether oxygens (including phenoxy) is 2. The van der Waals surface area contributed by atoms with Crippen molar-refractivity contribution in [3.8, 4) is 0 Å². The van der Waals surface area contributed by atoms with E-state index in [0.29, 0.717) is 0 Å². The second-order valence-electron chi connectivity index (χ2n) is 5.71. The molecule has 0 aliphatic heterocycles. The maximum Gasteiger partial charge on any atom is 0.0593 e. The van der Waals surface area contributed by atoms with Gasteiger partial charge in [0.05, 0.1) is 13.2 Å². The summed E-state index contributed by atoms with van der Waals surface area (Å²) in [7, 11) is 0. The van der Waals surface area contributed by atoms with Gasteiger partial charge >= 0.3 is 0 Å². The SMILES string of the molecule is CCOCCN(CCCC(C)(C)CN)CCOCC. The highest BCUT2D eigenvalue weighted by atomic mass is 16.5. The fourth-order valence-corrected chi connectivity index (χ4v) is 1.89. The van der Waals surface area contributed by atoms with Crippen LogP contribution in [0.15, 0.2) is 0 Å². The molecule has 0 spiro atoms. The minimum Gasteiger partial charge on any atom is -0.380 e. The Morgan fingerprint density at radius 2 is 1.47 bits per heavy atom. The zero-order valence-corrected chi connectivity index (χ0v) is 13.4. The highest BCUT2D eigenvalue weighted by Gasteiger charge is 2.15. The normalized spacial score (nSPS) is 12.3. The lowest BCUT2D eigenvalue weighted by Gasteiger charge is -2.26. The van der Waals surface area contributed by atoms with Gasteiger partial charge in [0, 0.05) is 26.3 Å². The molecule has 4 nitrogen and oxygen atoms in total. The van der Waals surface area contributed by atoms with E-state index in [9.17, 15) is 0 Å². The first-order chi connectivity index (χ1) is 9.05. The van der Waals surface area contributed by atoms with Crippen LogP contribution in [-0.2, 0) is 9.47 Å². The highest BCUT2D eigenvalue weighted by molar-refractivity contribution is 4.70. The van der Waals surface area contributed by atoms with Crippen molar-refractivity contribution in [2.75, 3.05) is 52.6 Å². The molecule has 0 aliphatic rings. The summed E-state index contributed by atoms with van der Waals surface area (Å²) >= 11 is 0. The molecule has 0 saturated heterocycles. The van der Waals surface area contributed by atoms with Crippen molar-refractivity contribution in [1.29, 1.82) is 0 Å². The van der Waals surface area contributed by atoms with Crippen LogP contribution < -0.4 is 5.73 Å². The average molecular weight is 274 g/mol. The molecule has 0 aromatic carbocycles. The number of nitrogens with zero attached hydrogens (tertiary/aromatic N) is 1. The summed E-state index contributed by atoms with van der Waals surface area (Å²) < 4.78 is 10.9. The van der Waals surface area contributed by atoms with Crippen LogP contribution in [0.3, 0.4) is 0 Å². The van der Waals surface area contributed by atoms with Crippen LogP contribution in [0, 0.1) is 5.41 Å². The highest BCUT2D eigenvalue weighted by Crippen LogP contribution is 2.20. The fraction of sp³-hybridized carbons (Fsp3) is 1.00. The van der Waals surface area contributed by atoms with Crippen molar-refractivity contribution in [2.45, 2.75) is 40.5 Å². The van der Waals surface area contributed by atoms with Gasteiger partial charge in [-0.25, -0.2) is 0 Å². The van der Waals surface area contributed by atoms with E-state index >= 15 is 0 Å². The van der Waals surface area contributed by atoms with Crippen LogP contribution in [0.4, 0.5) is 0 Å². The van der Waals surface area contributed by atoms with Gasteiger partial charge in [0.15, 0.2) is 0 Å². The third-order valence-corrected chi connectivity index (χ3v) is 3.39. The van der Waals surface area contributed by atoms with Crippen LogP contribution in [0.1, 0.15) is 40.5 Å². The van der Waals surface area contributed by atoms with E-state index in [1.807, 2.05) is 13.8 Å². The monoisotopic (exact) mass is 274 g/mol. The predicted molar refractivity (Wildman–Crippen MR) is 81.5 cm³/mol. The van der Waals surface area contributed by atoms with Gasteiger partial charge in [0.2, 0.25) is 0 Å². The summed E-state index contributed by atoms with van der Waals surface area (Å²) in [5.74, 6) is 0. The van der Waals surface area contributed by atoms with Crippen molar-refractivity contribution in [3.05, 3.63) is 0 Å². The standard InChI is InChI=1S/C15H34N2O2/c1-5-18-12-10-17(11-13-19-6-2)9-7-8-15(3,4)14-16/h5-14,16H2,1-4H3. The van der Waals surface area contributed by atoms with Crippen LogP contribution in [0.2, 0.25) is 0 Å². The molecule has 0 rings (SSSR count). The average Bonchev–Trinajstić information content (AvgIpc) is 2.38. The predicted octanol–water partition coefficient (Wildman–Crippen LogP) is 2.13. The lowest BCUT2D eigenvalue weighted by atomic mass is 9.88. The summed E-state index contributed by atoms with van der Waals surface area (Å²) in [4.78, 5) is 2.43. The summed E-state index contributed by atoms with van der Waals surface area (Å²) in [6.45, 7) is 15.6. The molecule has 0 unspecified atom stereocenters. The molecule has 19 heavy (non-hydrogen) atoms. The van der Waals surface area contributed by atoms with Crippen LogP contribution in [-0.4, -0.2) is 57.5 Å². The van der Waals surface area contributed by atoms with E-state index in [1.165, 1.54) is 12.8 Å². The first-order valence-electron chi connectivity index (χ1n) is 7.63. The lowest BCUT2D eigenvalue weighted by molar-refractivity contribution is 0.0807. The molecule has 0 aliphatic carbocycles. The molecular formula is C15H34N2O2. The summed E-state index contributed by atoms with van der Waals surface area (Å²) in [5.41, 5.74) is 6.02. The minimum atomic E-state index is 0.255. The largest absolute Gasteiger partial charge is 0.380 e. The molecule has 4 heteroatoms. The number of rotatable bonds is 13. The molecule has 0 amide bonds. The maximum absolute atomic E-state index is 5.77. The molecule has 116 valence electrons. The summed E-state index contributed by atoms with van der Waals surface area (Å²) in [6, 6.07) is 0. The number of hydrogen-bond donors (Lipinski definition) is 1. The molecule has 0 fully saturated rings. The quantitative estimate of drug-likeness (QED) is 0.523. The maximum atomic E-state index is 5.77. The van der Waals surface area contributed by atoms with Crippen molar-refractivity contribution in [2.24, 2.45) is 11.1 Å². The van der Waals surface area contributed by atoms with Gasteiger partial charge in [-0.1, -0.05) is 13.8 Å². The van der Waals surface area contributed by atoms with Gasteiger partial charge < -0.3 is 15.2 Å². The Morgan fingerprint density at radius 1 is 0.947 bits per heavy atom. The molecule has 0 aromatic heterocycles. The van der Waals surface area contributed by atoms with E-state index in [2.05, 4.69) is 18.7 Å². The van der Waals surface area contributed by atoms with E-state index in [-0.39, 0.29) is 5.41 Å². The van der Waals surface area contributed by atoms with Gasteiger partial charge in [-0.05, 0) is 45.2 Å². The number of nitrogens with two attached hydrogens (primary N) is 1. The zero-order valence-electron chi connectivity index (χ0n) is 13.4. The van der Waals surface area contributed by atoms with Gasteiger partial charge in [-0.15, -0.1) is 0 Å². The second-order valence-corrected chi connectivity index (χ2v) is 5.71. The third kappa shape index (κ3) is 11.4. The molecule has 0 heterocycles. The number of hydrogen-bond acceptors (Lipinski definition) is 4. The fourth-order valence-electron chi connectivity index (χ4n) is 1.89. The van der Waals surface area contributed by atoms with E-state index in [4.69, 9.17) is 15.2 Å². The Labute approximate surface area is 119 Å². The van der Waals surface area contributed by atoms with Gasteiger partial charge in [0.25, 0.3) is 0 Å². The molecule has 0 radical (unpaired) electrons.